The van der Waals surface area contributed by atoms with Gasteiger partial charge in [0.25, 0.3) is 0 Å². The second-order valence-corrected chi connectivity index (χ2v) is 5.95. The average Bonchev–Trinajstić information content (AvgIpc) is 3.11. The molecule has 6 heteroatoms. The molecule has 1 atom stereocenters. The van der Waals surface area contributed by atoms with Crippen LogP contribution in [0.5, 0.6) is 0 Å². The number of aliphatic hydroxyl groups excluding tert-OH is 1. The molecule has 1 unspecified atom stereocenters. The monoisotopic (exact) mass is 307 g/mol. The van der Waals surface area contributed by atoms with Gasteiger partial charge in [-0.15, -0.1) is 0 Å². The van der Waals surface area contributed by atoms with Crippen LogP contribution in [-0.2, 0) is 17.8 Å². The summed E-state index contributed by atoms with van der Waals surface area (Å²) in [5.74, 6) is 0.606. The fourth-order valence-electron chi connectivity index (χ4n) is 3.15. The van der Waals surface area contributed by atoms with Crippen molar-refractivity contribution in [3.63, 3.8) is 0 Å². The Balaban J connectivity index is 1.93. The lowest BCUT2D eigenvalue weighted by Crippen LogP contribution is -2.50. The van der Waals surface area contributed by atoms with Gasteiger partial charge in [-0.25, -0.2) is 9.37 Å². The van der Waals surface area contributed by atoms with Crippen molar-refractivity contribution in [2.24, 2.45) is 0 Å². The number of aryl methyl sites for hydroxylation is 1. The smallest absolute Gasteiger partial charge is 0.125 e. The topological polar surface area (TPSA) is 50.5 Å². The number of hydrogen-bond acceptors (Lipinski definition) is 4. The lowest BCUT2D eigenvalue weighted by atomic mass is 9.98. The van der Waals surface area contributed by atoms with Gasteiger partial charge in [0.2, 0.25) is 0 Å². The van der Waals surface area contributed by atoms with Crippen LogP contribution in [0.1, 0.15) is 19.2 Å². The number of benzene rings is 1. The Labute approximate surface area is 129 Å². The molecule has 1 aliphatic heterocycles. The van der Waals surface area contributed by atoms with Gasteiger partial charge in [-0.05, 0) is 32.5 Å². The zero-order valence-corrected chi connectivity index (χ0v) is 13.0. The number of imidazole rings is 1. The molecule has 5 nitrogen and oxygen atoms in total. The zero-order valence-electron chi connectivity index (χ0n) is 13.0. The van der Waals surface area contributed by atoms with Crippen LogP contribution >= 0.6 is 0 Å². The second kappa shape index (κ2) is 5.95. The summed E-state index contributed by atoms with van der Waals surface area (Å²) < 4.78 is 20.9. The molecule has 2 aromatic rings. The molecule has 0 spiro atoms. The van der Waals surface area contributed by atoms with Gasteiger partial charge in [0, 0.05) is 19.2 Å². The van der Waals surface area contributed by atoms with Crippen LogP contribution in [0, 0.1) is 5.82 Å². The molecule has 0 amide bonds. The maximum Gasteiger partial charge on any atom is 0.125 e. The Morgan fingerprint density at radius 3 is 2.95 bits per heavy atom. The highest BCUT2D eigenvalue weighted by atomic mass is 19.1. The zero-order chi connectivity index (χ0) is 15.7. The predicted octanol–water partition coefficient (Wildman–Crippen LogP) is 1.78. The summed E-state index contributed by atoms with van der Waals surface area (Å²) in [4.78, 5) is 6.68. The number of nitrogens with zero attached hydrogens (tertiary/aromatic N) is 3. The quantitative estimate of drug-likeness (QED) is 0.915. The molecule has 3 rings (SSSR count). The van der Waals surface area contributed by atoms with Crippen molar-refractivity contribution < 1.29 is 14.2 Å². The molecule has 1 saturated heterocycles. The molecular weight excluding hydrogens is 285 g/mol. The van der Waals surface area contributed by atoms with E-state index < -0.39 is 0 Å². The van der Waals surface area contributed by atoms with E-state index in [4.69, 9.17) is 4.74 Å². The summed E-state index contributed by atoms with van der Waals surface area (Å²) in [5.41, 5.74) is 1.26. The fourth-order valence-corrected chi connectivity index (χ4v) is 3.15. The second-order valence-electron chi connectivity index (χ2n) is 5.95. The third-order valence-corrected chi connectivity index (χ3v) is 4.67. The molecule has 0 bridgehead atoms. The van der Waals surface area contributed by atoms with Gasteiger partial charge in [0.1, 0.15) is 11.6 Å². The number of halogens is 1. The number of fused-ring (bicyclic) bond motifs is 1. The van der Waals surface area contributed by atoms with Crippen LogP contribution in [0.15, 0.2) is 18.2 Å². The minimum atomic E-state index is -0.345. The summed E-state index contributed by atoms with van der Waals surface area (Å²) in [6, 6.07) is 4.69. The molecule has 22 heavy (non-hydrogen) atoms. The van der Waals surface area contributed by atoms with Crippen LogP contribution in [-0.4, -0.2) is 52.0 Å². The van der Waals surface area contributed by atoms with Crippen molar-refractivity contribution in [2.45, 2.75) is 32.0 Å². The summed E-state index contributed by atoms with van der Waals surface area (Å²) in [6.07, 6.45) is 0.807. The summed E-state index contributed by atoms with van der Waals surface area (Å²) in [6.45, 7) is 4.67. The number of aromatic nitrogens is 2. The van der Waals surface area contributed by atoms with Crippen LogP contribution in [0.2, 0.25) is 0 Å². The standard InChI is InChI=1S/C16H22FN3O2/c1-3-20-14-5-4-12(17)8-13(14)18-15(20)9-19(2)16(10-21)6-7-22-11-16/h4-5,8,21H,3,6-7,9-11H2,1-2H3. The molecule has 1 aromatic carbocycles. The van der Waals surface area contributed by atoms with Gasteiger partial charge in [-0.1, -0.05) is 0 Å². The van der Waals surface area contributed by atoms with E-state index in [0.29, 0.717) is 25.3 Å². The van der Waals surface area contributed by atoms with Gasteiger partial charge in [-0.2, -0.15) is 0 Å². The van der Waals surface area contributed by atoms with Crippen molar-refractivity contribution in [1.29, 1.82) is 0 Å². The molecule has 0 saturated carbocycles. The van der Waals surface area contributed by atoms with Crippen LogP contribution in [0.4, 0.5) is 4.39 Å². The molecule has 120 valence electrons. The van der Waals surface area contributed by atoms with E-state index in [2.05, 4.69) is 21.4 Å². The number of likely N-dealkylation sites (N-methyl/N-ethyl adjacent to an activating group) is 1. The third kappa shape index (κ3) is 2.51. The normalized spacial score (nSPS) is 22.0. The lowest BCUT2D eigenvalue weighted by Gasteiger charge is -2.35. The van der Waals surface area contributed by atoms with Gasteiger partial charge in [0.15, 0.2) is 0 Å². The molecule has 1 aromatic heterocycles. The Bertz CT molecular complexity index is 665. The van der Waals surface area contributed by atoms with Gasteiger partial charge < -0.3 is 14.4 Å². The van der Waals surface area contributed by atoms with Crippen molar-refractivity contribution in [3.8, 4) is 0 Å². The predicted molar refractivity (Wildman–Crippen MR) is 82.1 cm³/mol. The largest absolute Gasteiger partial charge is 0.394 e. The summed E-state index contributed by atoms with van der Waals surface area (Å²) >= 11 is 0. The Hall–Kier alpha value is -1.50. The first-order chi connectivity index (χ1) is 10.6. The number of hydrogen-bond donors (Lipinski definition) is 1. The van der Waals surface area contributed by atoms with Gasteiger partial charge in [-0.3, -0.25) is 4.90 Å². The molecule has 0 radical (unpaired) electrons. The molecule has 1 aliphatic rings. The maximum atomic E-state index is 13.4. The maximum absolute atomic E-state index is 13.4. The number of ether oxygens (including phenoxy) is 1. The summed E-state index contributed by atoms with van der Waals surface area (Å²) in [5, 5.41) is 9.77. The number of rotatable bonds is 5. The van der Waals surface area contributed by atoms with E-state index in [1.54, 1.807) is 6.07 Å². The average molecular weight is 307 g/mol. The van der Waals surface area contributed by atoms with E-state index in [0.717, 1.165) is 24.3 Å². The van der Waals surface area contributed by atoms with Crippen molar-refractivity contribution in [1.82, 2.24) is 14.5 Å². The molecule has 0 aliphatic carbocycles. The highest BCUT2D eigenvalue weighted by molar-refractivity contribution is 5.76. The van der Waals surface area contributed by atoms with Crippen LogP contribution < -0.4 is 0 Å². The van der Waals surface area contributed by atoms with E-state index in [1.807, 2.05) is 7.05 Å². The van der Waals surface area contributed by atoms with E-state index in [9.17, 15) is 9.50 Å². The van der Waals surface area contributed by atoms with Gasteiger partial charge in [0.05, 0.1) is 36.3 Å². The first-order valence-corrected chi connectivity index (χ1v) is 7.64. The van der Waals surface area contributed by atoms with E-state index in [-0.39, 0.29) is 18.0 Å². The van der Waals surface area contributed by atoms with Crippen molar-refractivity contribution >= 4 is 11.0 Å². The SMILES string of the molecule is CCn1c(CN(C)C2(CO)CCOC2)nc2cc(F)ccc21. The highest BCUT2D eigenvalue weighted by Crippen LogP contribution is 2.27. The van der Waals surface area contributed by atoms with Crippen LogP contribution in [0.25, 0.3) is 11.0 Å². The minimum Gasteiger partial charge on any atom is -0.394 e. The van der Waals surface area contributed by atoms with E-state index >= 15 is 0 Å². The Kier molecular flexibility index (Phi) is 4.16. The van der Waals surface area contributed by atoms with Crippen molar-refractivity contribution in [2.75, 3.05) is 26.9 Å². The first-order valence-electron chi connectivity index (χ1n) is 7.64. The van der Waals surface area contributed by atoms with E-state index in [1.165, 1.54) is 12.1 Å². The Morgan fingerprint density at radius 2 is 2.32 bits per heavy atom. The molecule has 2 heterocycles. The fraction of sp³-hybridized carbons (Fsp3) is 0.562. The Morgan fingerprint density at radius 1 is 1.50 bits per heavy atom. The van der Waals surface area contributed by atoms with Crippen LogP contribution in [0.3, 0.4) is 0 Å². The molecular formula is C16H22FN3O2. The lowest BCUT2D eigenvalue weighted by molar-refractivity contribution is 0.0295. The first kappa shape index (κ1) is 15.4. The minimum absolute atomic E-state index is 0.0600. The molecule has 1 N–H and O–H groups in total. The van der Waals surface area contributed by atoms with Crippen molar-refractivity contribution in [3.05, 3.63) is 29.8 Å². The third-order valence-electron chi connectivity index (χ3n) is 4.67. The molecule has 1 fully saturated rings. The summed E-state index contributed by atoms with van der Waals surface area (Å²) in [7, 11) is 1.98. The van der Waals surface area contributed by atoms with Gasteiger partial charge >= 0.3 is 0 Å². The number of aliphatic hydroxyl groups is 1. The highest BCUT2D eigenvalue weighted by Gasteiger charge is 2.38.